The van der Waals surface area contributed by atoms with E-state index in [0.29, 0.717) is 48.3 Å². The van der Waals surface area contributed by atoms with E-state index < -0.39 is 0 Å². The summed E-state index contributed by atoms with van der Waals surface area (Å²) in [6.07, 6.45) is 15.0. The SMILES string of the molecule is C1=C\C2C3OC3C(C3OC/13)C13OC1CCCCCCC23. The summed E-state index contributed by atoms with van der Waals surface area (Å²) in [6.45, 7) is 0. The van der Waals surface area contributed by atoms with E-state index in [1.165, 1.54) is 38.5 Å². The Balaban J connectivity index is 1.47. The van der Waals surface area contributed by atoms with E-state index in [1.807, 2.05) is 0 Å². The first-order chi connectivity index (χ1) is 9.89. The lowest BCUT2D eigenvalue weighted by molar-refractivity contribution is 0.0610. The first-order valence-corrected chi connectivity index (χ1v) is 8.57. The zero-order valence-electron chi connectivity index (χ0n) is 11.7. The van der Waals surface area contributed by atoms with Gasteiger partial charge < -0.3 is 14.2 Å². The minimum atomic E-state index is 0.122. The third-order valence-electron chi connectivity index (χ3n) is 6.82. The van der Waals surface area contributed by atoms with Gasteiger partial charge in [0, 0.05) is 11.8 Å². The minimum Gasteiger partial charge on any atom is -0.368 e. The van der Waals surface area contributed by atoms with E-state index in [1.54, 1.807) is 0 Å². The van der Waals surface area contributed by atoms with Crippen LogP contribution in [0, 0.1) is 17.8 Å². The normalized spacial score (nSPS) is 66.8. The largest absolute Gasteiger partial charge is 0.368 e. The Morgan fingerprint density at radius 1 is 0.850 bits per heavy atom. The third kappa shape index (κ3) is 1.24. The molecule has 3 heterocycles. The Hall–Kier alpha value is -0.380. The average Bonchev–Trinajstić information content (AvgIpc) is 3.30. The summed E-state index contributed by atoms with van der Waals surface area (Å²) in [6, 6.07) is 0. The second-order valence-corrected chi connectivity index (χ2v) is 7.68. The molecule has 0 aromatic rings. The van der Waals surface area contributed by atoms with Crippen molar-refractivity contribution in [2.75, 3.05) is 0 Å². The summed E-state index contributed by atoms with van der Waals surface area (Å²) in [4.78, 5) is 0. The highest BCUT2D eigenvalue weighted by atomic mass is 16.6. The quantitative estimate of drug-likeness (QED) is 0.503. The van der Waals surface area contributed by atoms with Crippen LogP contribution in [0.1, 0.15) is 38.5 Å². The summed E-state index contributed by atoms with van der Waals surface area (Å²) < 4.78 is 18.5. The van der Waals surface area contributed by atoms with E-state index in [-0.39, 0.29) is 5.60 Å². The number of hydrogen-bond acceptors (Lipinski definition) is 3. The van der Waals surface area contributed by atoms with Crippen LogP contribution in [0.3, 0.4) is 0 Å². The summed E-state index contributed by atoms with van der Waals surface area (Å²) in [5.74, 6) is 1.79. The lowest BCUT2D eigenvalue weighted by Gasteiger charge is -2.39. The highest BCUT2D eigenvalue weighted by Crippen LogP contribution is 2.68. The molecular formula is C17H22O3. The fourth-order valence-corrected chi connectivity index (χ4v) is 5.86. The second kappa shape index (κ2) is 3.50. The summed E-state index contributed by atoms with van der Waals surface area (Å²) in [5, 5.41) is 0. The number of hydrogen-bond donors (Lipinski definition) is 0. The highest BCUT2D eigenvalue weighted by Gasteiger charge is 2.80. The van der Waals surface area contributed by atoms with Crippen molar-refractivity contribution in [1.29, 1.82) is 0 Å². The molecule has 3 saturated heterocycles. The van der Waals surface area contributed by atoms with Gasteiger partial charge in [-0.25, -0.2) is 0 Å². The molecule has 0 N–H and O–H groups in total. The molecule has 4 aliphatic carbocycles. The molecule has 5 fully saturated rings. The molecule has 2 bridgehead atoms. The first-order valence-electron chi connectivity index (χ1n) is 8.57. The van der Waals surface area contributed by atoms with E-state index in [2.05, 4.69) is 12.2 Å². The van der Waals surface area contributed by atoms with Crippen LogP contribution in [0.5, 0.6) is 0 Å². The van der Waals surface area contributed by atoms with Crippen molar-refractivity contribution >= 4 is 0 Å². The standard InChI is InChI=1S/C17H22O3/c1-2-4-6-12-17(20-12)10(5-3-1)9-7-8-11-15(18-11)13(17)16-14(9)19-16/h7-16H,1-6H2/b8-7-. The molecule has 0 aromatic heterocycles. The number of epoxide rings is 3. The molecule has 9 atom stereocenters. The fourth-order valence-electron chi connectivity index (χ4n) is 5.86. The maximum atomic E-state index is 6.45. The summed E-state index contributed by atoms with van der Waals surface area (Å²) in [5.41, 5.74) is 0.122. The third-order valence-corrected chi connectivity index (χ3v) is 6.82. The molecule has 20 heavy (non-hydrogen) atoms. The van der Waals surface area contributed by atoms with Gasteiger partial charge in [0.05, 0.1) is 24.4 Å². The lowest BCUT2D eigenvalue weighted by atomic mass is 9.61. The Morgan fingerprint density at radius 3 is 2.70 bits per heavy atom. The van der Waals surface area contributed by atoms with Crippen molar-refractivity contribution in [3.05, 3.63) is 12.2 Å². The average molecular weight is 274 g/mol. The van der Waals surface area contributed by atoms with Gasteiger partial charge >= 0.3 is 0 Å². The van der Waals surface area contributed by atoms with Crippen LogP contribution >= 0.6 is 0 Å². The maximum Gasteiger partial charge on any atom is 0.106 e. The van der Waals surface area contributed by atoms with E-state index in [9.17, 15) is 0 Å². The molecule has 7 rings (SSSR count). The monoisotopic (exact) mass is 274 g/mol. The van der Waals surface area contributed by atoms with E-state index in [4.69, 9.17) is 14.2 Å². The van der Waals surface area contributed by atoms with Crippen LogP contribution < -0.4 is 0 Å². The molecule has 0 radical (unpaired) electrons. The smallest absolute Gasteiger partial charge is 0.106 e. The molecular weight excluding hydrogens is 252 g/mol. The molecule has 0 aromatic carbocycles. The van der Waals surface area contributed by atoms with Gasteiger partial charge in [-0.3, -0.25) is 0 Å². The fraction of sp³-hybridized carbons (Fsp3) is 0.882. The number of ether oxygens (including phenoxy) is 3. The van der Waals surface area contributed by atoms with Crippen LogP contribution in [-0.2, 0) is 14.2 Å². The molecule has 3 nitrogen and oxygen atoms in total. The van der Waals surface area contributed by atoms with Gasteiger partial charge in [0.15, 0.2) is 0 Å². The van der Waals surface area contributed by atoms with E-state index >= 15 is 0 Å². The summed E-state index contributed by atoms with van der Waals surface area (Å²) >= 11 is 0. The van der Waals surface area contributed by atoms with Gasteiger partial charge in [0.25, 0.3) is 0 Å². The predicted molar refractivity (Wildman–Crippen MR) is 72.2 cm³/mol. The number of rotatable bonds is 0. The second-order valence-electron chi connectivity index (χ2n) is 7.68. The van der Waals surface area contributed by atoms with Crippen LogP contribution in [-0.4, -0.2) is 36.1 Å². The van der Waals surface area contributed by atoms with Crippen LogP contribution in [0.2, 0.25) is 0 Å². The van der Waals surface area contributed by atoms with Crippen LogP contribution in [0.4, 0.5) is 0 Å². The zero-order chi connectivity index (χ0) is 12.9. The Bertz CT molecular complexity index is 489. The summed E-state index contributed by atoms with van der Waals surface area (Å²) in [7, 11) is 0. The Labute approximate surface area is 119 Å². The van der Waals surface area contributed by atoms with Crippen molar-refractivity contribution in [1.82, 2.24) is 0 Å². The van der Waals surface area contributed by atoms with Gasteiger partial charge in [-0.15, -0.1) is 0 Å². The first kappa shape index (κ1) is 11.2. The molecule has 2 saturated carbocycles. The Morgan fingerprint density at radius 2 is 1.75 bits per heavy atom. The van der Waals surface area contributed by atoms with Gasteiger partial charge in [0.1, 0.15) is 11.7 Å². The van der Waals surface area contributed by atoms with Gasteiger partial charge in [-0.2, -0.15) is 0 Å². The molecule has 7 aliphatic rings. The maximum absolute atomic E-state index is 6.45. The van der Waals surface area contributed by atoms with Crippen molar-refractivity contribution in [2.24, 2.45) is 17.8 Å². The molecule has 9 unspecified atom stereocenters. The molecule has 3 aliphatic heterocycles. The topological polar surface area (TPSA) is 37.6 Å². The molecule has 3 heteroatoms. The van der Waals surface area contributed by atoms with Gasteiger partial charge in [-0.1, -0.05) is 37.8 Å². The predicted octanol–water partition coefficient (Wildman–Crippen LogP) is 2.45. The minimum absolute atomic E-state index is 0.122. The van der Waals surface area contributed by atoms with Crippen molar-refractivity contribution in [2.45, 2.75) is 74.6 Å². The molecule has 0 amide bonds. The Kier molecular flexibility index (Phi) is 1.97. The molecule has 108 valence electrons. The zero-order valence-corrected chi connectivity index (χ0v) is 11.7. The van der Waals surface area contributed by atoms with E-state index in [0.717, 1.165) is 0 Å². The van der Waals surface area contributed by atoms with Gasteiger partial charge in [-0.05, 0) is 18.8 Å². The lowest BCUT2D eigenvalue weighted by Crippen LogP contribution is -2.51. The van der Waals surface area contributed by atoms with Crippen LogP contribution in [0.15, 0.2) is 12.2 Å². The molecule has 1 spiro atoms. The van der Waals surface area contributed by atoms with Crippen molar-refractivity contribution in [3.8, 4) is 0 Å². The van der Waals surface area contributed by atoms with Gasteiger partial charge in [0.2, 0.25) is 0 Å². The van der Waals surface area contributed by atoms with Crippen molar-refractivity contribution in [3.63, 3.8) is 0 Å². The van der Waals surface area contributed by atoms with Crippen molar-refractivity contribution < 1.29 is 14.2 Å². The highest BCUT2D eigenvalue weighted by molar-refractivity contribution is 5.31. The van der Waals surface area contributed by atoms with Crippen LogP contribution in [0.25, 0.3) is 0 Å².